The molecule has 0 aromatic rings. The standard InChI is InChI=1S/C14H27NO4/c1-5-18-12(16)9-7-6-8-10-15-13(17)19-11-14(2,3)4/h5-11H2,1-4H3,(H,15,17). The molecule has 0 rings (SSSR count). The summed E-state index contributed by atoms with van der Waals surface area (Å²) in [7, 11) is 0. The minimum absolute atomic E-state index is 0.0169. The lowest BCUT2D eigenvalue weighted by molar-refractivity contribution is -0.143. The second-order valence-corrected chi connectivity index (χ2v) is 5.68. The van der Waals surface area contributed by atoms with Crippen molar-refractivity contribution >= 4 is 12.1 Å². The lowest BCUT2D eigenvalue weighted by Gasteiger charge is -2.17. The monoisotopic (exact) mass is 273 g/mol. The van der Waals surface area contributed by atoms with Crippen LogP contribution in [0, 0.1) is 5.41 Å². The zero-order chi connectivity index (χ0) is 14.7. The molecular weight excluding hydrogens is 246 g/mol. The summed E-state index contributed by atoms with van der Waals surface area (Å²) in [6, 6.07) is 0. The zero-order valence-electron chi connectivity index (χ0n) is 12.6. The lowest BCUT2D eigenvalue weighted by Crippen LogP contribution is -2.28. The summed E-state index contributed by atoms with van der Waals surface area (Å²) >= 11 is 0. The number of alkyl carbamates (subject to hydrolysis) is 1. The van der Waals surface area contributed by atoms with Gasteiger partial charge in [0.05, 0.1) is 13.2 Å². The van der Waals surface area contributed by atoms with E-state index in [1.54, 1.807) is 6.92 Å². The van der Waals surface area contributed by atoms with E-state index in [9.17, 15) is 9.59 Å². The fourth-order valence-corrected chi connectivity index (χ4v) is 1.33. The van der Waals surface area contributed by atoms with E-state index in [4.69, 9.17) is 9.47 Å². The van der Waals surface area contributed by atoms with E-state index >= 15 is 0 Å². The molecule has 5 nitrogen and oxygen atoms in total. The van der Waals surface area contributed by atoms with Crippen LogP contribution < -0.4 is 5.32 Å². The molecule has 0 fully saturated rings. The molecule has 0 radical (unpaired) electrons. The number of unbranched alkanes of at least 4 members (excludes halogenated alkanes) is 2. The van der Waals surface area contributed by atoms with Crippen LogP contribution in [0.3, 0.4) is 0 Å². The first-order valence-corrected chi connectivity index (χ1v) is 6.91. The maximum atomic E-state index is 11.3. The summed E-state index contributed by atoms with van der Waals surface area (Å²) in [6.45, 7) is 9.24. The third kappa shape index (κ3) is 13.0. The average molecular weight is 273 g/mol. The number of ether oxygens (including phenoxy) is 2. The van der Waals surface area contributed by atoms with Crippen LogP contribution in [0.5, 0.6) is 0 Å². The minimum atomic E-state index is -0.375. The van der Waals surface area contributed by atoms with E-state index in [-0.39, 0.29) is 17.5 Å². The fraction of sp³-hybridized carbons (Fsp3) is 0.857. The molecule has 0 aromatic heterocycles. The average Bonchev–Trinajstić information content (AvgIpc) is 2.30. The summed E-state index contributed by atoms with van der Waals surface area (Å²) < 4.78 is 9.88. The van der Waals surface area contributed by atoms with Gasteiger partial charge >= 0.3 is 12.1 Å². The normalized spacial score (nSPS) is 10.9. The second kappa shape index (κ2) is 9.64. The van der Waals surface area contributed by atoms with Crippen LogP contribution in [0.4, 0.5) is 4.79 Å². The third-order valence-corrected chi connectivity index (χ3v) is 2.27. The van der Waals surface area contributed by atoms with Gasteiger partial charge in [-0.05, 0) is 25.2 Å². The number of esters is 1. The molecule has 0 saturated carbocycles. The van der Waals surface area contributed by atoms with E-state index in [0.717, 1.165) is 19.3 Å². The first-order valence-electron chi connectivity index (χ1n) is 6.91. The number of hydrogen-bond acceptors (Lipinski definition) is 4. The van der Waals surface area contributed by atoms with Gasteiger partial charge in [0.2, 0.25) is 0 Å². The summed E-state index contributed by atoms with van der Waals surface area (Å²) in [4.78, 5) is 22.4. The van der Waals surface area contributed by atoms with Crippen LogP contribution in [0.2, 0.25) is 0 Å². The van der Waals surface area contributed by atoms with E-state index in [1.807, 2.05) is 20.8 Å². The van der Waals surface area contributed by atoms with Crippen LogP contribution in [0.15, 0.2) is 0 Å². The number of rotatable bonds is 8. The van der Waals surface area contributed by atoms with Crippen LogP contribution in [0.25, 0.3) is 0 Å². The summed E-state index contributed by atoms with van der Waals surface area (Å²) in [5.41, 5.74) is -0.0169. The molecule has 0 heterocycles. The fourth-order valence-electron chi connectivity index (χ4n) is 1.33. The zero-order valence-corrected chi connectivity index (χ0v) is 12.6. The van der Waals surface area contributed by atoms with E-state index in [0.29, 0.717) is 26.2 Å². The molecule has 0 saturated heterocycles. The predicted octanol–water partition coefficient (Wildman–Crippen LogP) is 2.88. The Bertz CT molecular complexity index is 271. The number of amides is 1. The molecule has 0 atom stereocenters. The van der Waals surface area contributed by atoms with Gasteiger partial charge < -0.3 is 14.8 Å². The van der Waals surface area contributed by atoms with Crippen molar-refractivity contribution in [3.8, 4) is 0 Å². The molecule has 0 bridgehead atoms. The number of carbonyl (C=O) groups excluding carboxylic acids is 2. The SMILES string of the molecule is CCOC(=O)CCCCCNC(=O)OCC(C)(C)C. The lowest BCUT2D eigenvalue weighted by atomic mass is 9.99. The predicted molar refractivity (Wildman–Crippen MR) is 73.9 cm³/mol. The van der Waals surface area contributed by atoms with Gasteiger partial charge in [0.15, 0.2) is 0 Å². The van der Waals surface area contributed by atoms with Crippen molar-refractivity contribution in [2.75, 3.05) is 19.8 Å². The summed E-state index contributed by atoms with van der Waals surface area (Å²) in [5, 5.41) is 2.69. The molecule has 1 N–H and O–H groups in total. The highest BCUT2D eigenvalue weighted by molar-refractivity contribution is 5.69. The molecule has 0 aliphatic rings. The first-order chi connectivity index (χ1) is 8.85. The minimum Gasteiger partial charge on any atom is -0.466 e. The quantitative estimate of drug-likeness (QED) is 0.545. The van der Waals surface area contributed by atoms with Gasteiger partial charge in [-0.1, -0.05) is 27.2 Å². The molecule has 0 unspecified atom stereocenters. The van der Waals surface area contributed by atoms with Gasteiger partial charge in [-0.3, -0.25) is 4.79 Å². The molecular formula is C14H27NO4. The van der Waals surface area contributed by atoms with Crippen LogP contribution >= 0.6 is 0 Å². The summed E-state index contributed by atoms with van der Waals surface area (Å²) in [6.07, 6.45) is 2.59. The highest BCUT2D eigenvalue weighted by Gasteiger charge is 2.13. The van der Waals surface area contributed by atoms with E-state index in [1.165, 1.54) is 0 Å². The highest BCUT2D eigenvalue weighted by atomic mass is 16.5. The Hall–Kier alpha value is -1.26. The largest absolute Gasteiger partial charge is 0.466 e. The molecule has 1 amide bonds. The van der Waals surface area contributed by atoms with Crippen molar-refractivity contribution in [3.05, 3.63) is 0 Å². The Morgan fingerprint density at radius 1 is 1.05 bits per heavy atom. The Kier molecular flexibility index (Phi) is 9.00. The number of nitrogens with one attached hydrogen (secondary N) is 1. The molecule has 0 aliphatic carbocycles. The van der Waals surface area contributed by atoms with Gasteiger partial charge in [0.25, 0.3) is 0 Å². The van der Waals surface area contributed by atoms with E-state index in [2.05, 4.69) is 5.32 Å². The van der Waals surface area contributed by atoms with Gasteiger partial charge in [-0.15, -0.1) is 0 Å². The Balaban J connectivity index is 3.39. The van der Waals surface area contributed by atoms with Gasteiger partial charge in [-0.25, -0.2) is 4.79 Å². The smallest absolute Gasteiger partial charge is 0.407 e. The number of carbonyl (C=O) groups is 2. The molecule has 0 aliphatic heterocycles. The van der Waals surface area contributed by atoms with Crippen molar-refractivity contribution in [1.82, 2.24) is 5.32 Å². The van der Waals surface area contributed by atoms with Gasteiger partial charge in [-0.2, -0.15) is 0 Å². The van der Waals surface area contributed by atoms with Crippen molar-refractivity contribution in [2.24, 2.45) is 5.41 Å². The van der Waals surface area contributed by atoms with Gasteiger partial charge in [0.1, 0.15) is 0 Å². The van der Waals surface area contributed by atoms with Crippen LogP contribution in [0.1, 0.15) is 53.4 Å². The highest BCUT2D eigenvalue weighted by Crippen LogP contribution is 2.12. The summed E-state index contributed by atoms with van der Waals surface area (Å²) in [5.74, 6) is -0.153. The molecule has 0 spiro atoms. The maximum absolute atomic E-state index is 11.3. The molecule has 0 aromatic carbocycles. The van der Waals surface area contributed by atoms with Gasteiger partial charge in [0, 0.05) is 13.0 Å². The van der Waals surface area contributed by atoms with Crippen molar-refractivity contribution in [2.45, 2.75) is 53.4 Å². The molecule has 19 heavy (non-hydrogen) atoms. The second-order valence-electron chi connectivity index (χ2n) is 5.68. The molecule has 5 heteroatoms. The Morgan fingerprint density at radius 2 is 1.74 bits per heavy atom. The first kappa shape index (κ1) is 17.7. The van der Waals surface area contributed by atoms with Crippen molar-refractivity contribution in [3.63, 3.8) is 0 Å². The number of hydrogen-bond donors (Lipinski definition) is 1. The van der Waals surface area contributed by atoms with Crippen molar-refractivity contribution in [1.29, 1.82) is 0 Å². The Morgan fingerprint density at radius 3 is 2.32 bits per heavy atom. The Labute approximate surface area is 116 Å². The van der Waals surface area contributed by atoms with E-state index < -0.39 is 0 Å². The van der Waals surface area contributed by atoms with Crippen LogP contribution in [-0.2, 0) is 14.3 Å². The topological polar surface area (TPSA) is 64.6 Å². The van der Waals surface area contributed by atoms with Crippen LogP contribution in [-0.4, -0.2) is 31.8 Å². The van der Waals surface area contributed by atoms with Crippen molar-refractivity contribution < 1.29 is 19.1 Å². The molecule has 112 valence electrons. The maximum Gasteiger partial charge on any atom is 0.407 e. The third-order valence-electron chi connectivity index (χ3n) is 2.27.